The van der Waals surface area contributed by atoms with Crippen molar-refractivity contribution in [1.29, 1.82) is 0 Å². The van der Waals surface area contributed by atoms with Crippen molar-refractivity contribution >= 4 is 11.6 Å². The lowest BCUT2D eigenvalue weighted by molar-refractivity contribution is 0.656. The van der Waals surface area contributed by atoms with Gasteiger partial charge in [0.1, 0.15) is 11.0 Å². The first-order chi connectivity index (χ1) is 7.08. The van der Waals surface area contributed by atoms with E-state index in [0.29, 0.717) is 18.8 Å². The average Bonchev–Trinajstić information content (AvgIpc) is 2.21. The molecule has 0 N–H and O–H groups in total. The molecule has 15 heavy (non-hydrogen) atoms. The molecule has 1 aromatic rings. The maximum atomic E-state index is 11.7. The quantitative estimate of drug-likeness (QED) is 0.584. The third-order valence-corrected chi connectivity index (χ3v) is 2.45. The third kappa shape index (κ3) is 2.93. The molecular weight excluding hydrogens is 212 g/mol. The maximum absolute atomic E-state index is 11.7. The molecule has 0 aromatic carbocycles. The summed E-state index contributed by atoms with van der Waals surface area (Å²) in [5.74, 6) is 0.710. The van der Waals surface area contributed by atoms with E-state index in [-0.39, 0.29) is 10.7 Å². The Balaban J connectivity index is 3.15. The lowest BCUT2D eigenvalue weighted by atomic mass is 10.2. The molecule has 4 heteroatoms. The summed E-state index contributed by atoms with van der Waals surface area (Å²) in [7, 11) is 0. The molecular formula is C11H15ClN2O. The second-order valence-corrected chi connectivity index (χ2v) is 3.76. The summed E-state index contributed by atoms with van der Waals surface area (Å²) in [5.41, 5.74) is 0.900. The van der Waals surface area contributed by atoms with Crippen molar-refractivity contribution in [1.82, 2.24) is 9.55 Å². The highest BCUT2D eigenvalue weighted by Crippen LogP contribution is 2.06. The summed E-state index contributed by atoms with van der Waals surface area (Å²) in [6, 6.07) is 1.34. The summed E-state index contributed by atoms with van der Waals surface area (Å²) in [5, 5.41) is 0.259. The van der Waals surface area contributed by atoms with Crippen LogP contribution in [0.4, 0.5) is 0 Å². The molecule has 0 aliphatic rings. The number of rotatable bonds is 4. The number of hydrogen-bond donors (Lipinski definition) is 0. The van der Waals surface area contributed by atoms with E-state index in [1.165, 1.54) is 6.07 Å². The zero-order valence-corrected chi connectivity index (χ0v) is 9.84. The Morgan fingerprint density at radius 3 is 2.80 bits per heavy atom. The molecule has 0 bridgehead atoms. The van der Waals surface area contributed by atoms with Gasteiger partial charge in [-0.3, -0.25) is 9.36 Å². The highest BCUT2D eigenvalue weighted by atomic mass is 35.5. The monoisotopic (exact) mass is 226 g/mol. The van der Waals surface area contributed by atoms with Crippen LogP contribution in [0.25, 0.3) is 0 Å². The predicted molar refractivity (Wildman–Crippen MR) is 62.3 cm³/mol. The first-order valence-corrected chi connectivity index (χ1v) is 5.39. The van der Waals surface area contributed by atoms with E-state index in [2.05, 4.69) is 11.6 Å². The van der Waals surface area contributed by atoms with Gasteiger partial charge in [0.15, 0.2) is 0 Å². The zero-order chi connectivity index (χ0) is 11.4. The Kier molecular flexibility index (Phi) is 4.09. The number of aromatic nitrogens is 2. The van der Waals surface area contributed by atoms with E-state index < -0.39 is 0 Å². The van der Waals surface area contributed by atoms with E-state index >= 15 is 0 Å². The molecule has 0 spiro atoms. The maximum Gasteiger partial charge on any atom is 0.255 e. The fourth-order valence-corrected chi connectivity index (χ4v) is 1.49. The van der Waals surface area contributed by atoms with Crippen molar-refractivity contribution in [3.63, 3.8) is 0 Å². The van der Waals surface area contributed by atoms with Gasteiger partial charge in [0.2, 0.25) is 0 Å². The Hall–Kier alpha value is -1.09. The summed E-state index contributed by atoms with van der Waals surface area (Å²) in [6.45, 7) is 8.38. The Morgan fingerprint density at radius 2 is 2.27 bits per heavy atom. The summed E-state index contributed by atoms with van der Waals surface area (Å²) in [6.07, 6.45) is 1.55. The topological polar surface area (TPSA) is 34.9 Å². The van der Waals surface area contributed by atoms with Crippen LogP contribution in [0.1, 0.15) is 26.1 Å². The fraction of sp³-hybridized carbons (Fsp3) is 0.455. The summed E-state index contributed by atoms with van der Waals surface area (Å²) < 4.78 is 1.62. The summed E-state index contributed by atoms with van der Waals surface area (Å²) >= 11 is 5.72. The number of halogens is 1. The smallest absolute Gasteiger partial charge is 0.255 e. The lowest BCUT2D eigenvalue weighted by Crippen LogP contribution is -2.24. The Morgan fingerprint density at radius 1 is 1.60 bits per heavy atom. The van der Waals surface area contributed by atoms with Crippen molar-refractivity contribution in [3.8, 4) is 0 Å². The molecule has 0 atom stereocenters. The molecule has 0 radical (unpaired) electrons. The molecule has 82 valence electrons. The first kappa shape index (κ1) is 12.0. The van der Waals surface area contributed by atoms with Crippen LogP contribution in [-0.2, 0) is 13.0 Å². The SMILES string of the molecule is C=C(CC)Cn1c(CC)nc(Cl)cc1=O. The van der Waals surface area contributed by atoms with Gasteiger partial charge in [-0.15, -0.1) is 0 Å². The van der Waals surface area contributed by atoms with Crippen LogP contribution in [0.15, 0.2) is 23.0 Å². The van der Waals surface area contributed by atoms with Crippen molar-refractivity contribution in [2.24, 2.45) is 0 Å². The Bertz CT molecular complexity index is 423. The van der Waals surface area contributed by atoms with Crippen molar-refractivity contribution in [2.75, 3.05) is 0 Å². The van der Waals surface area contributed by atoms with Crippen LogP contribution in [-0.4, -0.2) is 9.55 Å². The number of hydrogen-bond acceptors (Lipinski definition) is 2. The average molecular weight is 227 g/mol. The van der Waals surface area contributed by atoms with Crippen molar-refractivity contribution < 1.29 is 0 Å². The molecule has 3 nitrogen and oxygen atoms in total. The molecule has 0 saturated carbocycles. The van der Waals surface area contributed by atoms with Gasteiger partial charge in [0.05, 0.1) is 0 Å². The highest BCUT2D eigenvalue weighted by molar-refractivity contribution is 6.29. The Labute approximate surface area is 94.4 Å². The van der Waals surface area contributed by atoms with Gasteiger partial charge < -0.3 is 0 Å². The van der Waals surface area contributed by atoms with Gasteiger partial charge in [-0.05, 0) is 6.42 Å². The van der Waals surface area contributed by atoms with Gasteiger partial charge in [0, 0.05) is 19.0 Å². The molecule has 1 rings (SSSR count). The normalized spacial score (nSPS) is 10.3. The lowest BCUT2D eigenvalue weighted by Gasteiger charge is -2.11. The van der Waals surface area contributed by atoms with Crippen LogP contribution in [0, 0.1) is 0 Å². The molecule has 0 saturated heterocycles. The van der Waals surface area contributed by atoms with E-state index in [0.717, 1.165) is 12.0 Å². The van der Waals surface area contributed by atoms with Gasteiger partial charge in [-0.2, -0.15) is 0 Å². The predicted octanol–water partition coefficient (Wildman–Crippen LogP) is 2.43. The molecule has 0 fully saturated rings. The van der Waals surface area contributed by atoms with E-state index in [1.807, 2.05) is 13.8 Å². The molecule has 0 amide bonds. The first-order valence-electron chi connectivity index (χ1n) is 5.01. The van der Waals surface area contributed by atoms with Crippen LogP contribution in [0.2, 0.25) is 5.15 Å². The minimum atomic E-state index is -0.110. The van der Waals surface area contributed by atoms with E-state index in [9.17, 15) is 4.79 Å². The van der Waals surface area contributed by atoms with Gasteiger partial charge in [-0.25, -0.2) is 4.98 Å². The largest absolute Gasteiger partial charge is 0.292 e. The molecule has 0 aliphatic heterocycles. The molecule has 1 heterocycles. The standard InChI is InChI=1S/C11H15ClN2O/c1-4-8(3)7-14-10(5-2)13-9(12)6-11(14)15/h6H,3-5,7H2,1-2H3. The minimum Gasteiger partial charge on any atom is -0.292 e. The minimum absolute atomic E-state index is 0.110. The third-order valence-electron chi connectivity index (χ3n) is 2.25. The second-order valence-electron chi connectivity index (χ2n) is 3.38. The van der Waals surface area contributed by atoms with Gasteiger partial charge in [0.25, 0.3) is 5.56 Å². The van der Waals surface area contributed by atoms with Crippen molar-refractivity contribution in [2.45, 2.75) is 33.2 Å². The molecule has 0 unspecified atom stereocenters. The summed E-state index contributed by atoms with van der Waals surface area (Å²) in [4.78, 5) is 15.8. The van der Waals surface area contributed by atoms with E-state index in [1.54, 1.807) is 4.57 Å². The van der Waals surface area contributed by atoms with Crippen LogP contribution in [0.5, 0.6) is 0 Å². The van der Waals surface area contributed by atoms with E-state index in [4.69, 9.17) is 11.6 Å². The molecule has 0 aliphatic carbocycles. The number of aryl methyl sites for hydroxylation is 1. The van der Waals surface area contributed by atoms with Gasteiger partial charge >= 0.3 is 0 Å². The fourth-order valence-electron chi connectivity index (χ4n) is 1.30. The van der Waals surface area contributed by atoms with Crippen LogP contribution < -0.4 is 5.56 Å². The van der Waals surface area contributed by atoms with Crippen LogP contribution >= 0.6 is 11.6 Å². The molecule has 1 aromatic heterocycles. The zero-order valence-electron chi connectivity index (χ0n) is 9.09. The van der Waals surface area contributed by atoms with Crippen LogP contribution in [0.3, 0.4) is 0 Å². The highest BCUT2D eigenvalue weighted by Gasteiger charge is 2.06. The number of allylic oxidation sites excluding steroid dienone is 1. The van der Waals surface area contributed by atoms with Crippen molar-refractivity contribution in [3.05, 3.63) is 39.5 Å². The van der Waals surface area contributed by atoms with Gasteiger partial charge in [-0.1, -0.05) is 37.6 Å². The second kappa shape index (κ2) is 5.12. The number of nitrogens with zero attached hydrogens (tertiary/aromatic N) is 2.